The Hall–Kier alpha value is -4.19. The summed E-state index contributed by atoms with van der Waals surface area (Å²) in [6.07, 6.45) is 2.40. The smallest absolute Gasteiger partial charge is 0.347 e. The quantitative estimate of drug-likeness (QED) is 0.346. The Morgan fingerprint density at radius 1 is 0.935 bits per heavy atom. The molecule has 1 aliphatic rings. The zero-order valence-corrected chi connectivity index (χ0v) is 16.6. The van der Waals surface area contributed by atoms with Crippen LogP contribution in [0.5, 0.6) is 17.2 Å². The molecule has 0 spiro atoms. The van der Waals surface area contributed by atoms with Crippen molar-refractivity contribution >= 4 is 23.8 Å². The van der Waals surface area contributed by atoms with Crippen molar-refractivity contribution in [3.63, 3.8) is 0 Å². The van der Waals surface area contributed by atoms with Crippen molar-refractivity contribution in [2.75, 3.05) is 0 Å². The predicted octanol–water partition coefficient (Wildman–Crippen LogP) is 4.55. The minimum absolute atomic E-state index is 0.116. The number of para-hydroxylation sites is 1. The summed E-state index contributed by atoms with van der Waals surface area (Å²) in [5, 5.41) is 0. The highest BCUT2D eigenvalue weighted by Crippen LogP contribution is 2.41. The highest BCUT2D eigenvalue weighted by molar-refractivity contribution is 5.95. The fourth-order valence-corrected chi connectivity index (χ4v) is 3.37. The SMILES string of the molecule is CC(=O)Oc1ccccc1C(=O)Oc1ccc2c(c1)OC=C(c1ccccc1)C2C=O. The molecular formula is C25H18O6. The molecule has 0 radical (unpaired) electrons. The van der Waals surface area contributed by atoms with Crippen LogP contribution in [0.3, 0.4) is 0 Å². The first-order valence-corrected chi connectivity index (χ1v) is 9.58. The summed E-state index contributed by atoms with van der Waals surface area (Å²) >= 11 is 0. The maximum Gasteiger partial charge on any atom is 0.347 e. The highest BCUT2D eigenvalue weighted by atomic mass is 16.6. The zero-order chi connectivity index (χ0) is 21.8. The van der Waals surface area contributed by atoms with Gasteiger partial charge in [0.15, 0.2) is 0 Å². The summed E-state index contributed by atoms with van der Waals surface area (Å²) in [5.74, 6) is -0.937. The van der Waals surface area contributed by atoms with Gasteiger partial charge < -0.3 is 19.0 Å². The zero-order valence-electron chi connectivity index (χ0n) is 16.6. The number of carbonyl (C=O) groups excluding carboxylic acids is 3. The third-order valence-electron chi connectivity index (χ3n) is 4.78. The Morgan fingerprint density at radius 2 is 1.68 bits per heavy atom. The Kier molecular flexibility index (Phi) is 5.62. The average Bonchev–Trinajstić information content (AvgIpc) is 2.78. The normalized spacial score (nSPS) is 14.5. The number of carbonyl (C=O) groups is 3. The molecule has 3 aromatic rings. The van der Waals surface area contributed by atoms with E-state index in [1.54, 1.807) is 36.6 Å². The molecule has 0 N–H and O–H groups in total. The van der Waals surface area contributed by atoms with Gasteiger partial charge in [-0.25, -0.2) is 4.79 Å². The van der Waals surface area contributed by atoms with E-state index in [4.69, 9.17) is 14.2 Å². The molecule has 0 aromatic heterocycles. The molecule has 0 aliphatic carbocycles. The van der Waals surface area contributed by atoms with Crippen LogP contribution < -0.4 is 14.2 Å². The summed E-state index contributed by atoms with van der Waals surface area (Å²) in [5.41, 5.74) is 2.44. The fourth-order valence-electron chi connectivity index (χ4n) is 3.37. The van der Waals surface area contributed by atoms with Crippen molar-refractivity contribution in [2.24, 2.45) is 0 Å². The molecule has 0 bridgehead atoms. The lowest BCUT2D eigenvalue weighted by Gasteiger charge is -2.23. The largest absolute Gasteiger partial charge is 0.464 e. The second-order valence-electron chi connectivity index (χ2n) is 6.85. The van der Waals surface area contributed by atoms with Crippen LogP contribution in [0.25, 0.3) is 5.57 Å². The molecule has 0 saturated carbocycles. The molecule has 1 atom stereocenters. The van der Waals surface area contributed by atoms with Gasteiger partial charge in [0.05, 0.1) is 12.2 Å². The molecule has 3 aromatic carbocycles. The first-order valence-electron chi connectivity index (χ1n) is 9.58. The molecule has 0 amide bonds. The first kappa shape index (κ1) is 20.1. The van der Waals surface area contributed by atoms with Crippen molar-refractivity contribution in [1.82, 2.24) is 0 Å². The lowest BCUT2D eigenvalue weighted by atomic mass is 9.87. The van der Waals surface area contributed by atoms with Crippen LogP contribution in [0.1, 0.15) is 34.3 Å². The van der Waals surface area contributed by atoms with Crippen LogP contribution >= 0.6 is 0 Å². The van der Waals surface area contributed by atoms with Crippen LogP contribution in [0.15, 0.2) is 79.1 Å². The van der Waals surface area contributed by atoms with Gasteiger partial charge in [-0.15, -0.1) is 0 Å². The summed E-state index contributed by atoms with van der Waals surface area (Å²) in [7, 11) is 0. The van der Waals surface area contributed by atoms with E-state index in [0.29, 0.717) is 11.3 Å². The fraction of sp³-hybridized carbons (Fsp3) is 0.0800. The van der Waals surface area contributed by atoms with Crippen LogP contribution in [-0.4, -0.2) is 18.2 Å². The van der Waals surface area contributed by atoms with Gasteiger partial charge >= 0.3 is 11.9 Å². The number of fused-ring (bicyclic) bond motifs is 1. The summed E-state index contributed by atoms with van der Waals surface area (Å²) in [6, 6.07) is 20.7. The van der Waals surface area contributed by atoms with Crippen LogP contribution in [0.4, 0.5) is 0 Å². The Bertz CT molecular complexity index is 1180. The molecule has 6 heteroatoms. The van der Waals surface area contributed by atoms with Crippen molar-refractivity contribution < 1.29 is 28.6 Å². The second kappa shape index (κ2) is 8.67. The predicted molar refractivity (Wildman–Crippen MR) is 113 cm³/mol. The number of aldehydes is 1. The summed E-state index contributed by atoms with van der Waals surface area (Å²) in [6.45, 7) is 1.25. The van der Waals surface area contributed by atoms with Gasteiger partial charge in [0.1, 0.15) is 29.1 Å². The molecule has 1 heterocycles. The summed E-state index contributed by atoms with van der Waals surface area (Å²) < 4.78 is 16.3. The van der Waals surface area contributed by atoms with E-state index in [0.717, 1.165) is 17.4 Å². The molecule has 4 rings (SSSR count). The number of allylic oxidation sites excluding steroid dienone is 1. The van der Waals surface area contributed by atoms with E-state index in [2.05, 4.69) is 0 Å². The van der Waals surface area contributed by atoms with Gasteiger partial charge in [0, 0.05) is 24.1 Å². The summed E-state index contributed by atoms with van der Waals surface area (Å²) in [4.78, 5) is 35.7. The molecule has 31 heavy (non-hydrogen) atoms. The third-order valence-corrected chi connectivity index (χ3v) is 4.78. The Balaban J connectivity index is 1.59. The maximum atomic E-state index is 12.6. The van der Waals surface area contributed by atoms with Crippen LogP contribution in [0.2, 0.25) is 0 Å². The van der Waals surface area contributed by atoms with Crippen molar-refractivity contribution in [3.8, 4) is 17.2 Å². The molecule has 1 unspecified atom stereocenters. The van der Waals surface area contributed by atoms with Gasteiger partial charge in [0.2, 0.25) is 0 Å². The second-order valence-corrected chi connectivity index (χ2v) is 6.85. The number of ether oxygens (including phenoxy) is 3. The number of esters is 2. The van der Waals surface area contributed by atoms with Gasteiger partial charge in [-0.05, 0) is 23.8 Å². The maximum absolute atomic E-state index is 12.6. The molecule has 0 fully saturated rings. The van der Waals surface area contributed by atoms with E-state index in [9.17, 15) is 14.4 Å². The number of benzene rings is 3. The molecule has 0 saturated heterocycles. The monoisotopic (exact) mass is 414 g/mol. The van der Waals surface area contributed by atoms with Crippen molar-refractivity contribution in [2.45, 2.75) is 12.8 Å². The van der Waals surface area contributed by atoms with Crippen molar-refractivity contribution in [3.05, 3.63) is 95.7 Å². The molecule has 6 nitrogen and oxygen atoms in total. The topological polar surface area (TPSA) is 78.9 Å². The third kappa shape index (κ3) is 4.23. The standard InChI is InChI=1S/C25H18O6/c1-16(27)30-23-10-6-5-9-20(23)25(28)31-18-11-12-19-21(14-26)22(15-29-24(19)13-18)17-7-3-2-4-8-17/h2-15,21H,1H3. The first-order chi connectivity index (χ1) is 15.1. The Labute approximate surface area is 178 Å². The number of hydrogen-bond acceptors (Lipinski definition) is 6. The van der Waals surface area contributed by atoms with E-state index < -0.39 is 17.9 Å². The molecule has 154 valence electrons. The highest BCUT2D eigenvalue weighted by Gasteiger charge is 2.26. The van der Waals surface area contributed by atoms with Crippen LogP contribution in [0, 0.1) is 0 Å². The average molecular weight is 414 g/mol. The van der Waals surface area contributed by atoms with E-state index in [-0.39, 0.29) is 17.1 Å². The minimum Gasteiger partial charge on any atom is -0.464 e. The Morgan fingerprint density at radius 3 is 2.42 bits per heavy atom. The van der Waals surface area contributed by atoms with Gasteiger partial charge in [-0.1, -0.05) is 48.5 Å². The van der Waals surface area contributed by atoms with Crippen LogP contribution in [-0.2, 0) is 9.59 Å². The van der Waals surface area contributed by atoms with E-state index in [1.807, 2.05) is 30.3 Å². The van der Waals surface area contributed by atoms with Crippen molar-refractivity contribution in [1.29, 1.82) is 0 Å². The number of hydrogen-bond donors (Lipinski definition) is 0. The van der Waals surface area contributed by atoms with Gasteiger partial charge in [-0.2, -0.15) is 0 Å². The van der Waals surface area contributed by atoms with Gasteiger partial charge in [-0.3, -0.25) is 4.79 Å². The van der Waals surface area contributed by atoms with Gasteiger partial charge in [0.25, 0.3) is 0 Å². The lowest BCUT2D eigenvalue weighted by Crippen LogP contribution is -2.14. The molecule has 1 aliphatic heterocycles. The molecular weight excluding hydrogens is 396 g/mol. The number of rotatable bonds is 5. The minimum atomic E-state index is -0.680. The lowest BCUT2D eigenvalue weighted by molar-refractivity contribution is -0.131. The van der Waals surface area contributed by atoms with E-state index >= 15 is 0 Å². The van der Waals surface area contributed by atoms with E-state index in [1.165, 1.54) is 19.1 Å².